The van der Waals surface area contributed by atoms with Gasteiger partial charge < -0.3 is 19.7 Å². The summed E-state index contributed by atoms with van der Waals surface area (Å²) in [4.78, 5) is 28.0. The maximum Gasteiger partial charge on any atom is 0.243 e. The molecule has 0 aliphatic rings. The van der Waals surface area contributed by atoms with Gasteiger partial charge in [0.1, 0.15) is 17.5 Å². The number of rotatable bonds is 9. The van der Waals surface area contributed by atoms with Crippen LogP contribution in [-0.2, 0) is 22.6 Å². The van der Waals surface area contributed by atoms with Crippen molar-refractivity contribution in [2.24, 2.45) is 0 Å². The van der Waals surface area contributed by atoms with Crippen molar-refractivity contribution in [2.45, 2.75) is 58.7 Å². The summed E-state index contributed by atoms with van der Waals surface area (Å²) >= 11 is 0. The first kappa shape index (κ1) is 24.3. The van der Waals surface area contributed by atoms with Crippen LogP contribution < -0.4 is 14.8 Å². The van der Waals surface area contributed by atoms with Gasteiger partial charge in [-0.25, -0.2) is 0 Å². The second-order valence-corrected chi connectivity index (χ2v) is 8.56. The van der Waals surface area contributed by atoms with E-state index < -0.39 is 6.04 Å². The van der Waals surface area contributed by atoms with E-state index in [0.717, 1.165) is 22.6 Å². The van der Waals surface area contributed by atoms with E-state index in [0.29, 0.717) is 13.0 Å². The van der Waals surface area contributed by atoms with Gasteiger partial charge in [-0.3, -0.25) is 9.59 Å². The zero-order valence-electron chi connectivity index (χ0n) is 19.4. The fourth-order valence-corrected chi connectivity index (χ4v) is 3.32. The van der Waals surface area contributed by atoms with Gasteiger partial charge in [0.05, 0.1) is 20.6 Å². The molecule has 0 spiro atoms. The monoisotopic (exact) mass is 426 g/mol. The summed E-state index contributed by atoms with van der Waals surface area (Å²) in [6, 6.07) is 14.4. The zero-order chi connectivity index (χ0) is 23.0. The highest BCUT2D eigenvalue weighted by molar-refractivity contribution is 5.88. The Balaban J connectivity index is 2.29. The van der Waals surface area contributed by atoms with Gasteiger partial charge in [0, 0.05) is 12.1 Å². The maximum absolute atomic E-state index is 13.4. The van der Waals surface area contributed by atoms with E-state index in [2.05, 4.69) is 5.32 Å². The van der Waals surface area contributed by atoms with Crippen LogP contribution in [0.3, 0.4) is 0 Å². The molecule has 2 aromatic rings. The summed E-state index contributed by atoms with van der Waals surface area (Å²) in [5, 5.41) is 3.02. The van der Waals surface area contributed by atoms with Crippen LogP contribution in [0.1, 0.15) is 45.2 Å². The van der Waals surface area contributed by atoms with Crippen molar-refractivity contribution < 1.29 is 19.1 Å². The summed E-state index contributed by atoms with van der Waals surface area (Å²) in [5.74, 6) is 1.24. The first-order chi connectivity index (χ1) is 14.7. The number of benzene rings is 2. The number of carbonyl (C=O) groups excluding carboxylic acids is 2. The molecule has 0 aliphatic heterocycles. The molecular weight excluding hydrogens is 392 g/mol. The number of hydrogen-bond donors (Lipinski definition) is 1. The number of nitrogens with zero attached hydrogens (tertiary/aromatic N) is 1. The summed E-state index contributed by atoms with van der Waals surface area (Å²) in [6.07, 6.45) is 0.728. The topological polar surface area (TPSA) is 67.9 Å². The van der Waals surface area contributed by atoms with Gasteiger partial charge in [0.25, 0.3) is 0 Å². The molecule has 0 unspecified atom stereocenters. The van der Waals surface area contributed by atoms with Gasteiger partial charge in [-0.05, 0) is 62.6 Å². The van der Waals surface area contributed by atoms with Crippen LogP contribution in [0.25, 0.3) is 0 Å². The molecule has 6 nitrogen and oxygen atoms in total. The Morgan fingerprint density at radius 1 is 0.903 bits per heavy atom. The second-order valence-electron chi connectivity index (χ2n) is 8.56. The number of nitrogens with one attached hydrogen (secondary N) is 1. The molecule has 31 heavy (non-hydrogen) atoms. The van der Waals surface area contributed by atoms with E-state index in [1.165, 1.54) is 0 Å². The highest BCUT2D eigenvalue weighted by Crippen LogP contribution is 2.19. The standard InChI is InChI=1S/C25H34N2O4/c1-7-22(24(29)26-25(2,3)4)27(17-19-10-14-21(31-6)15-11-19)23(28)16-18-8-12-20(30-5)13-9-18/h8-15,22H,7,16-17H2,1-6H3,(H,26,29)/t22-/m0/s1. The lowest BCUT2D eigenvalue weighted by atomic mass is 10.0. The molecule has 0 heterocycles. The molecule has 0 aromatic heterocycles. The van der Waals surface area contributed by atoms with Crippen molar-refractivity contribution in [1.29, 1.82) is 0 Å². The van der Waals surface area contributed by atoms with Crippen molar-refractivity contribution in [3.8, 4) is 11.5 Å². The van der Waals surface area contributed by atoms with Crippen molar-refractivity contribution in [2.75, 3.05) is 14.2 Å². The molecule has 2 rings (SSSR count). The van der Waals surface area contributed by atoms with Crippen LogP contribution >= 0.6 is 0 Å². The Bertz CT molecular complexity index is 855. The first-order valence-corrected chi connectivity index (χ1v) is 10.5. The molecule has 0 fully saturated rings. The highest BCUT2D eigenvalue weighted by Gasteiger charge is 2.30. The van der Waals surface area contributed by atoms with E-state index in [4.69, 9.17) is 9.47 Å². The van der Waals surface area contributed by atoms with Gasteiger partial charge >= 0.3 is 0 Å². The normalized spacial score (nSPS) is 12.1. The average molecular weight is 427 g/mol. The Morgan fingerprint density at radius 3 is 1.81 bits per heavy atom. The lowest BCUT2D eigenvalue weighted by Gasteiger charge is -2.33. The molecule has 2 amide bonds. The van der Waals surface area contributed by atoms with Crippen molar-refractivity contribution in [1.82, 2.24) is 10.2 Å². The molecule has 0 saturated carbocycles. The minimum atomic E-state index is -0.563. The largest absolute Gasteiger partial charge is 0.497 e. The average Bonchev–Trinajstić information content (AvgIpc) is 2.73. The van der Waals surface area contributed by atoms with E-state index >= 15 is 0 Å². The molecule has 6 heteroatoms. The van der Waals surface area contributed by atoms with Crippen LogP contribution in [0.2, 0.25) is 0 Å². The molecule has 2 aromatic carbocycles. The maximum atomic E-state index is 13.4. The van der Waals surface area contributed by atoms with Crippen molar-refractivity contribution in [3.63, 3.8) is 0 Å². The first-order valence-electron chi connectivity index (χ1n) is 10.5. The Morgan fingerprint density at radius 2 is 1.39 bits per heavy atom. The molecule has 0 saturated heterocycles. The Labute approximate surface area is 185 Å². The van der Waals surface area contributed by atoms with Crippen LogP contribution in [0, 0.1) is 0 Å². The van der Waals surface area contributed by atoms with Gasteiger partial charge in [0.15, 0.2) is 0 Å². The predicted molar refractivity (Wildman–Crippen MR) is 122 cm³/mol. The summed E-state index contributed by atoms with van der Waals surface area (Å²) in [6.45, 7) is 8.07. The molecule has 1 N–H and O–H groups in total. The highest BCUT2D eigenvalue weighted by atomic mass is 16.5. The van der Waals surface area contributed by atoms with Crippen molar-refractivity contribution >= 4 is 11.8 Å². The minimum absolute atomic E-state index is 0.100. The molecule has 168 valence electrons. The van der Waals surface area contributed by atoms with Gasteiger partial charge in [0.2, 0.25) is 11.8 Å². The van der Waals surface area contributed by atoms with E-state index in [-0.39, 0.29) is 23.8 Å². The smallest absolute Gasteiger partial charge is 0.243 e. The van der Waals surface area contributed by atoms with E-state index in [1.54, 1.807) is 19.1 Å². The molecule has 1 atom stereocenters. The number of carbonyl (C=O) groups is 2. The van der Waals surface area contributed by atoms with Gasteiger partial charge in [-0.2, -0.15) is 0 Å². The lowest BCUT2D eigenvalue weighted by Crippen LogP contribution is -2.53. The third-order valence-electron chi connectivity index (χ3n) is 4.91. The van der Waals surface area contributed by atoms with E-state index in [1.807, 2.05) is 76.2 Å². The van der Waals surface area contributed by atoms with Gasteiger partial charge in [-0.15, -0.1) is 0 Å². The lowest BCUT2D eigenvalue weighted by molar-refractivity contribution is -0.141. The molecule has 0 bridgehead atoms. The minimum Gasteiger partial charge on any atom is -0.497 e. The van der Waals surface area contributed by atoms with Crippen LogP contribution in [0.4, 0.5) is 0 Å². The molecular formula is C25H34N2O4. The third-order valence-corrected chi connectivity index (χ3v) is 4.91. The van der Waals surface area contributed by atoms with Crippen LogP contribution in [0.15, 0.2) is 48.5 Å². The van der Waals surface area contributed by atoms with Crippen molar-refractivity contribution in [3.05, 3.63) is 59.7 Å². The Kier molecular flexibility index (Phi) is 8.48. The number of methoxy groups -OCH3 is 2. The van der Waals surface area contributed by atoms with Gasteiger partial charge in [-0.1, -0.05) is 31.2 Å². The summed E-state index contributed by atoms with van der Waals surface area (Å²) < 4.78 is 10.4. The zero-order valence-corrected chi connectivity index (χ0v) is 19.4. The quantitative estimate of drug-likeness (QED) is 0.659. The van der Waals surface area contributed by atoms with Crippen LogP contribution in [-0.4, -0.2) is 42.5 Å². The van der Waals surface area contributed by atoms with E-state index in [9.17, 15) is 9.59 Å². The third kappa shape index (κ3) is 7.31. The molecule has 0 radical (unpaired) electrons. The fourth-order valence-electron chi connectivity index (χ4n) is 3.32. The second kappa shape index (κ2) is 10.8. The predicted octanol–water partition coefficient (Wildman–Crippen LogP) is 3.97. The SMILES string of the molecule is CC[C@@H](C(=O)NC(C)(C)C)N(Cc1ccc(OC)cc1)C(=O)Cc1ccc(OC)cc1. The number of ether oxygens (including phenoxy) is 2. The summed E-state index contributed by atoms with van der Waals surface area (Å²) in [5.41, 5.74) is 1.43. The van der Waals surface area contributed by atoms with Crippen LogP contribution in [0.5, 0.6) is 11.5 Å². The number of amides is 2. The molecule has 0 aliphatic carbocycles. The number of hydrogen-bond acceptors (Lipinski definition) is 4. The Hall–Kier alpha value is -3.02. The fraction of sp³-hybridized carbons (Fsp3) is 0.440. The summed E-state index contributed by atoms with van der Waals surface area (Å²) in [7, 11) is 3.22.